The fourth-order valence-corrected chi connectivity index (χ4v) is 2.85. The van der Waals surface area contributed by atoms with Crippen LogP contribution in [0, 0.1) is 0 Å². The molecule has 6 nitrogen and oxygen atoms in total. The Morgan fingerprint density at radius 1 is 1.26 bits per heavy atom. The number of methoxy groups -OCH3 is 1. The van der Waals surface area contributed by atoms with Crippen molar-refractivity contribution in [3.05, 3.63) is 54.1 Å². The molecule has 0 aliphatic carbocycles. The van der Waals surface area contributed by atoms with Crippen LogP contribution in [-0.2, 0) is 6.54 Å². The number of rotatable bonds is 5. The monoisotopic (exact) mass is 311 g/mol. The summed E-state index contributed by atoms with van der Waals surface area (Å²) in [5, 5.41) is 8.15. The second-order valence-corrected chi connectivity index (χ2v) is 5.53. The zero-order chi connectivity index (χ0) is 15.6. The Hall–Kier alpha value is -2.60. The smallest absolute Gasteiger partial charge is 0.283 e. The molecule has 0 saturated carbocycles. The van der Waals surface area contributed by atoms with E-state index in [-0.39, 0.29) is 0 Å². The maximum Gasteiger partial charge on any atom is 0.283 e. The summed E-state index contributed by atoms with van der Waals surface area (Å²) in [6.45, 7) is 1.65. The van der Waals surface area contributed by atoms with Crippen molar-refractivity contribution >= 4 is 0 Å². The lowest BCUT2D eigenvalue weighted by Gasteiger charge is -2.40. The molecule has 0 spiro atoms. The van der Waals surface area contributed by atoms with E-state index in [2.05, 4.69) is 27.2 Å². The van der Waals surface area contributed by atoms with Gasteiger partial charge < -0.3 is 13.6 Å². The number of aromatic nitrogens is 2. The first-order valence-corrected chi connectivity index (χ1v) is 7.58. The summed E-state index contributed by atoms with van der Waals surface area (Å²) >= 11 is 0. The molecule has 1 atom stereocenters. The standard InChI is InChI=1S/C17H17N3O3/c1-21-13-5-2-4-12(10-13)14-7-8-20(14)11-16-18-19-17(23-16)15-6-3-9-22-15/h2-6,9-10,14H,7-8,11H2,1H3/t14-/m0/s1. The maximum absolute atomic E-state index is 5.68. The third-order valence-corrected chi connectivity index (χ3v) is 4.15. The van der Waals surface area contributed by atoms with Crippen LogP contribution < -0.4 is 4.74 Å². The Labute approximate surface area is 133 Å². The third kappa shape index (κ3) is 2.73. The minimum atomic E-state index is 0.365. The number of hydrogen-bond acceptors (Lipinski definition) is 6. The number of likely N-dealkylation sites (tertiary alicyclic amines) is 1. The molecule has 3 heterocycles. The molecule has 1 aliphatic heterocycles. The molecule has 0 radical (unpaired) electrons. The van der Waals surface area contributed by atoms with E-state index in [0.29, 0.717) is 30.1 Å². The second-order valence-electron chi connectivity index (χ2n) is 5.53. The van der Waals surface area contributed by atoms with Crippen LogP contribution in [0.5, 0.6) is 5.75 Å². The number of hydrogen-bond donors (Lipinski definition) is 0. The molecule has 1 saturated heterocycles. The van der Waals surface area contributed by atoms with Crippen LogP contribution in [0.15, 0.2) is 51.5 Å². The van der Waals surface area contributed by atoms with Gasteiger partial charge in [0.25, 0.3) is 5.89 Å². The van der Waals surface area contributed by atoms with Crippen LogP contribution in [-0.4, -0.2) is 28.8 Å². The normalized spacial score (nSPS) is 17.9. The van der Waals surface area contributed by atoms with Crippen LogP contribution >= 0.6 is 0 Å². The van der Waals surface area contributed by atoms with Crippen LogP contribution in [0.25, 0.3) is 11.7 Å². The van der Waals surface area contributed by atoms with Crippen molar-refractivity contribution in [2.24, 2.45) is 0 Å². The molecule has 2 aromatic heterocycles. The summed E-state index contributed by atoms with van der Waals surface area (Å²) < 4.78 is 16.3. The van der Waals surface area contributed by atoms with Crippen molar-refractivity contribution in [1.29, 1.82) is 0 Å². The average Bonchev–Trinajstić information content (AvgIpc) is 3.23. The molecule has 1 aromatic carbocycles. The number of ether oxygens (including phenoxy) is 1. The fourth-order valence-electron chi connectivity index (χ4n) is 2.85. The van der Waals surface area contributed by atoms with Crippen molar-refractivity contribution in [3.8, 4) is 17.4 Å². The minimum absolute atomic E-state index is 0.365. The topological polar surface area (TPSA) is 64.5 Å². The van der Waals surface area contributed by atoms with Crippen molar-refractivity contribution in [1.82, 2.24) is 15.1 Å². The Morgan fingerprint density at radius 3 is 2.96 bits per heavy atom. The van der Waals surface area contributed by atoms with Gasteiger partial charge in [0.05, 0.1) is 19.9 Å². The van der Waals surface area contributed by atoms with Gasteiger partial charge in [-0.15, -0.1) is 10.2 Å². The lowest BCUT2D eigenvalue weighted by Crippen LogP contribution is -2.40. The van der Waals surface area contributed by atoms with Gasteiger partial charge in [-0.2, -0.15) is 0 Å². The van der Waals surface area contributed by atoms with Crippen molar-refractivity contribution in [2.75, 3.05) is 13.7 Å². The molecule has 23 heavy (non-hydrogen) atoms. The lowest BCUT2D eigenvalue weighted by atomic mass is 9.94. The molecule has 118 valence electrons. The van der Waals surface area contributed by atoms with E-state index in [1.807, 2.05) is 12.1 Å². The van der Waals surface area contributed by atoms with Gasteiger partial charge in [-0.25, -0.2) is 0 Å². The Kier molecular flexibility index (Phi) is 3.59. The number of benzene rings is 1. The van der Waals surface area contributed by atoms with Crippen LogP contribution in [0.2, 0.25) is 0 Å². The largest absolute Gasteiger partial charge is 0.497 e. The molecule has 1 aliphatic rings. The van der Waals surface area contributed by atoms with Gasteiger partial charge >= 0.3 is 0 Å². The number of nitrogens with zero attached hydrogens (tertiary/aromatic N) is 3. The van der Waals surface area contributed by atoms with E-state index in [0.717, 1.165) is 18.7 Å². The van der Waals surface area contributed by atoms with E-state index >= 15 is 0 Å². The Morgan fingerprint density at radius 2 is 2.22 bits per heavy atom. The van der Waals surface area contributed by atoms with Gasteiger partial charge in [-0.1, -0.05) is 12.1 Å². The molecule has 6 heteroatoms. The predicted molar refractivity (Wildman–Crippen MR) is 82.8 cm³/mol. The van der Waals surface area contributed by atoms with E-state index in [9.17, 15) is 0 Å². The molecular weight excluding hydrogens is 294 g/mol. The molecule has 0 bridgehead atoms. The number of furan rings is 1. The SMILES string of the molecule is COc1cccc([C@@H]2CCN2Cc2nnc(-c3ccco3)o2)c1. The van der Waals surface area contributed by atoms with Gasteiger partial charge in [-0.3, -0.25) is 4.90 Å². The predicted octanol–water partition coefficient (Wildman–Crippen LogP) is 3.29. The minimum Gasteiger partial charge on any atom is -0.497 e. The first-order chi connectivity index (χ1) is 11.3. The molecule has 0 unspecified atom stereocenters. The summed E-state index contributed by atoms with van der Waals surface area (Å²) in [4.78, 5) is 2.31. The molecule has 4 rings (SSSR count). The van der Waals surface area contributed by atoms with Gasteiger partial charge in [0.1, 0.15) is 5.75 Å². The first-order valence-electron chi connectivity index (χ1n) is 7.58. The molecule has 1 fully saturated rings. The highest BCUT2D eigenvalue weighted by molar-refractivity contribution is 5.42. The van der Waals surface area contributed by atoms with Crippen molar-refractivity contribution in [2.45, 2.75) is 19.0 Å². The fraction of sp³-hybridized carbons (Fsp3) is 0.294. The van der Waals surface area contributed by atoms with Gasteiger partial charge in [-0.05, 0) is 36.2 Å². The molecule has 0 N–H and O–H groups in total. The maximum atomic E-state index is 5.68. The van der Waals surface area contributed by atoms with Crippen LogP contribution in [0.4, 0.5) is 0 Å². The van der Waals surface area contributed by atoms with E-state index in [1.165, 1.54) is 5.56 Å². The van der Waals surface area contributed by atoms with E-state index < -0.39 is 0 Å². The molecule has 3 aromatic rings. The van der Waals surface area contributed by atoms with Gasteiger partial charge in [0.2, 0.25) is 5.89 Å². The summed E-state index contributed by atoms with van der Waals surface area (Å²) in [6.07, 6.45) is 2.71. The van der Waals surface area contributed by atoms with Crippen molar-refractivity contribution < 1.29 is 13.6 Å². The quantitative estimate of drug-likeness (QED) is 0.720. The molecular formula is C17H17N3O3. The summed E-state index contributed by atoms with van der Waals surface area (Å²) in [6, 6.07) is 12.2. The van der Waals surface area contributed by atoms with Gasteiger partial charge in [0.15, 0.2) is 5.76 Å². The Bertz CT molecular complexity index is 782. The van der Waals surface area contributed by atoms with Crippen LogP contribution in [0.3, 0.4) is 0 Å². The third-order valence-electron chi connectivity index (χ3n) is 4.15. The zero-order valence-electron chi connectivity index (χ0n) is 12.8. The highest BCUT2D eigenvalue weighted by Gasteiger charge is 2.31. The molecule has 0 amide bonds. The second kappa shape index (κ2) is 5.89. The van der Waals surface area contributed by atoms with Crippen molar-refractivity contribution in [3.63, 3.8) is 0 Å². The van der Waals surface area contributed by atoms with Crippen LogP contribution in [0.1, 0.15) is 23.9 Å². The Balaban J connectivity index is 1.47. The average molecular weight is 311 g/mol. The lowest BCUT2D eigenvalue weighted by molar-refractivity contribution is 0.0716. The summed E-state index contributed by atoms with van der Waals surface area (Å²) in [7, 11) is 1.69. The zero-order valence-corrected chi connectivity index (χ0v) is 12.8. The van der Waals surface area contributed by atoms with E-state index in [1.54, 1.807) is 25.5 Å². The highest BCUT2D eigenvalue weighted by atomic mass is 16.5. The first kappa shape index (κ1) is 14.0. The van der Waals surface area contributed by atoms with E-state index in [4.69, 9.17) is 13.6 Å². The van der Waals surface area contributed by atoms with Gasteiger partial charge in [0, 0.05) is 12.6 Å². The summed E-state index contributed by atoms with van der Waals surface area (Å²) in [5.74, 6) is 2.50. The summed E-state index contributed by atoms with van der Waals surface area (Å²) in [5.41, 5.74) is 1.25. The highest BCUT2D eigenvalue weighted by Crippen LogP contribution is 2.35.